The fourth-order valence-electron chi connectivity index (χ4n) is 0.956. The minimum absolute atomic E-state index is 0.0240. The van der Waals surface area contributed by atoms with Crippen LogP contribution in [0.3, 0.4) is 0 Å². The van der Waals surface area contributed by atoms with Gasteiger partial charge in [0.05, 0.1) is 6.10 Å². The van der Waals surface area contributed by atoms with E-state index in [1.165, 1.54) is 0 Å². The number of terminal acetylenes is 1. The normalized spacial score (nSPS) is 14.5. The Morgan fingerprint density at radius 2 is 1.93 bits per heavy atom. The molecule has 0 spiro atoms. The third-order valence-electron chi connectivity index (χ3n) is 3.10. The summed E-state index contributed by atoms with van der Waals surface area (Å²) in [6.07, 6.45) is 5.99. The number of hydrogen-bond donors (Lipinski definition) is 0. The highest BCUT2D eigenvalue weighted by Gasteiger charge is 2.39. The van der Waals surface area contributed by atoms with Crippen LogP contribution in [-0.2, 0) is 4.43 Å². The van der Waals surface area contributed by atoms with Crippen molar-refractivity contribution in [3.05, 3.63) is 12.2 Å². The van der Waals surface area contributed by atoms with Crippen molar-refractivity contribution >= 4 is 8.32 Å². The minimum atomic E-state index is -1.72. The maximum Gasteiger partial charge on any atom is 0.192 e. The quantitative estimate of drug-likeness (QED) is 0.399. The molecular formula is C13H24OSi. The summed E-state index contributed by atoms with van der Waals surface area (Å²) >= 11 is 0. The average Bonchev–Trinajstić information content (AvgIpc) is 2.00. The highest BCUT2D eigenvalue weighted by Crippen LogP contribution is 2.38. The first-order valence-electron chi connectivity index (χ1n) is 5.38. The minimum Gasteiger partial charge on any atom is -0.409 e. The number of hydrogen-bond acceptors (Lipinski definition) is 1. The van der Waals surface area contributed by atoms with Gasteiger partial charge in [0, 0.05) is 6.42 Å². The Hall–Kier alpha value is -0.523. The van der Waals surface area contributed by atoms with E-state index in [-0.39, 0.29) is 11.1 Å². The van der Waals surface area contributed by atoms with Crippen LogP contribution in [0.25, 0.3) is 0 Å². The molecular weight excluding hydrogens is 200 g/mol. The largest absolute Gasteiger partial charge is 0.409 e. The lowest BCUT2D eigenvalue weighted by Crippen LogP contribution is -2.44. The topological polar surface area (TPSA) is 9.23 Å². The van der Waals surface area contributed by atoms with E-state index in [0.29, 0.717) is 6.42 Å². The zero-order valence-electron chi connectivity index (χ0n) is 11.0. The van der Waals surface area contributed by atoms with E-state index in [1.54, 1.807) is 0 Å². The third kappa shape index (κ3) is 4.23. The Labute approximate surface area is 96.0 Å². The smallest absolute Gasteiger partial charge is 0.192 e. The second kappa shape index (κ2) is 5.00. The first-order chi connectivity index (χ1) is 6.62. The van der Waals surface area contributed by atoms with Crippen molar-refractivity contribution in [1.29, 1.82) is 0 Å². The van der Waals surface area contributed by atoms with Crippen LogP contribution in [0.2, 0.25) is 18.1 Å². The van der Waals surface area contributed by atoms with Crippen LogP contribution in [0.5, 0.6) is 0 Å². The predicted molar refractivity (Wildman–Crippen MR) is 70.3 cm³/mol. The van der Waals surface area contributed by atoms with Crippen LogP contribution in [0.1, 0.15) is 34.1 Å². The van der Waals surface area contributed by atoms with Gasteiger partial charge >= 0.3 is 0 Å². The van der Waals surface area contributed by atoms with Gasteiger partial charge < -0.3 is 4.43 Å². The SMILES string of the molecule is C#CCC(O[Si](C)(C)C(C)(C)C)C(=C)C. The summed E-state index contributed by atoms with van der Waals surface area (Å²) in [4.78, 5) is 0. The summed E-state index contributed by atoms with van der Waals surface area (Å²) in [5.41, 5.74) is 1.03. The standard InChI is InChI=1S/C13H24OSi/c1-9-10-12(11(2)3)14-15(7,8)13(4,5)6/h1,12H,2,10H2,3-8H3. The molecule has 0 bridgehead atoms. The molecule has 0 saturated carbocycles. The molecule has 1 nitrogen and oxygen atoms in total. The lowest BCUT2D eigenvalue weighted by molar-refractivity contribution is 0.219. The van der Waals surface area contributed by atoms with Crippen LogP contribution < -0.4 is 0 Å². The molecule has 0 aromatic heterocycles. The lowest BCUT2D eigenvalue weighted by Gasteiger charge is -2.39. The monoisotopic (exact) mass is 224 g/mol. The fourth-order valence-corrected chi connectivity index (χ4v) is 2.31. The molecule has 2 heteroatoms. The first-order valence-corrected chi connectivity index (χ1v) is 8.29. The highest BCUT2D eigenvalue weighted by molar-refractivity contribution is 6.74. The van der Waals surface area contributed by atoms with Crippen molar-refractivity contribution in [3.63, 3.8) is 0 Å². The Morgan fingerprint density at radius 1 is 1.47 bits per heavy atom. The molecule has 1 atom stereocenters. The van der Waals surface area contributed by atoms with Gasteiger partial charge in [0.2, 0.25) is 0 Å². The van der Waals surface area contributed by atoms with Gasteiger partial charge in [-0.25, -0.2) is 0 Å². The van der Waals surface area contributed by atoms with E-state index in [0.717, 1.165) is 5.57 Å². The van der Waals surface area contributed by atoms with Gasteiger partial charge in [-0.05, 0) is 25.1 Å². The van der Waals surface area contributed by atoms with Gasteiger partial charge in [-0.2, -0.15) is 0 Å². The maximum atomic E-state index is 6.20. The van der Waals surface area contributed by atoms with E-state index in [9.17, 15) is 0 Å². The molecule has 0 aromatic carbocycles. The Balaban J connectivity index is 4.68. The molecule has 0 fully saturated rings. The molecule has 0 N–H and O–H groups in total. The Bertz CT molecular complexity index is 265. The van der Waals surface area contributed by atoms with Gasteiger partial charge in [-0.15, -0.1) is 12.3 Å². The van der Waals surface area contributed by atoms with Gasteiger partial charge in [-0.1, -0.05) is 32.9 Å². The van der Waals surface area contributed by atoms with Crippen molar-refractivity contribution in [1.82, 2.24) is 0 Å². The second-order valence-electron chi connectivity index (χ2n) is 5.62. The average molecular weight is 224 g/mol. The molecule has 0 aromatic rings. The van der Waals surface area contributed by atoms with Crippen molar-refractivity contribution < 1.29 is 4.43 Å². The number of rotatable bonds is 4. The summed E-state index contributed by atoms with van der Waals surface area (Å²) in [5.74, 6) is 2.66. The summed E-state index contributed by atoms with van der Waals surface area (Å²) < 4.78 is 6.20. The van der Waals surface area contributed by atoms with E-state index < -0.39 is 8.32 Å². The third-order valence-corrected chi connectivity index (χ3v) is 7.58. The van der Waals surface area contributed by atoms with Gasteiger partial charge in [0.15, 0.2) is 8.32 Å². The Kier molecular flexibility index (Phi) is 4.83. The van der Waals surface area contributed by atoms with Gasteiger partial charge in [0.25, 0.3) is 0 Å². The molecule has 0 radical (unpaired) electrons. The van der Waals surface area contributed by atoms with E-state index in [1.807, 2.05) is 6.92 Å². The van der Waals surface area contributed by atoms with Crippen LogP contribution in [0.15, 0.2) is 12.2 Å². The molecule has 0 amide bonds. The lowest BCUT2D eigenvalue weighted by atomic mass is 10.1. The molecule has 0 aliphatic heterocycles. The molecule has 0 aliphatic rings. The van der Waals surface area contributed by atoms with Crippen LogP contribution in [0.4, 0.5) is 0 Å². The van der Waals surface area contributed by atoms with Crippen molar-refractivity contribution in [2.45, 2.75) is 58.4 Å². The molecule has 0 saturated heterocycles. The van der Waals surface area contributed by atoms with Crippen molar-refractivity contribution in [2.75, 3.05) is 0 Å². The Morgan fingerprint density at radius 3 is 2.20 bits per heavy atom. The molecule has 86 valence electrons. The van der Waals surface area contributed by atoms with E-state index in [2.05, 4.69) is 46.4 Å². The molecule has 0 aliphatic carbocycles. The predicted octanol–water partition coefficient (Wildman–Crippen LogP) is 3.98. The summed E-state index contributed by atoms with van der Waals surface area (Å²) in [7, 11) is -1.72. The molecule has 0 rings (SSSR count). The van der Waals surface area contributed by atoms with Crippen molar-refractivity contribution in [3.8, 4) is 12.3 Å². The van der Waals surface area contributed by atoms with Crippen LogP contribution in [-0.4, -0.2) is 14.4 Å². The fraction of sp³-hybridized carbons (Fsp3) is 0.692. The molecule has 15 heavy (non-hydrogen) atoms. The van der Waals surface area contributed by atoms with Crippen LogP contribution in [0, 0.1) is 12.3 Å². The highest BCUT2D eigenvalue weighted by atomic mass is 28.4. The zero-order valence-corrected chi connectivity index (χ0v) is 12.0. The van der Waals surface area contributed by atoms with E-state index in [4.69, 9.17) is 10.8 Å². The van der Waals surface area contributed by atoms with Gasteiger partial charge in [0.1, 0.15) is 0 Å². The first kappa shape index (κ1) is 14.5. The maximum absolute atomic E-state index is 6.20. The molecule has 0 heterocycles. The zero-order chi connectivity index (χ0) is 12.3. The molecule has 1 unspecified atom stereocenters. The van der Waals surface area contributed by atoms with Crippen molar-refractivity contribution in [2.24, 2.45) is 0 Å². The van der Waals surface area contributed by atoms with Crippen LogP contribution >= 0.6 is 0 Å². The van der Waals surface area contributed by atoms with E-state index >= 15 is 0 Å². The summed E-state index contributed by atoms with van der Waals surface area (Å²) in [5, 5.41) is 0.218. The second-order valence-corrected chi connectivity index (χ2v) is 10.4. The summed E-state index contributed by atoms with van der Waals surface area (Å²) in [6.45, 7) is 17.1. The summed E-state index contributed by atoms with van der Waals surface area (Å²) in [6, 6.07) is 0. The van der Waals surface area contributed by atoms with Gasteiger partial charge in [-0.3, -0.25) is 0 Å².